The van der Waals surface area contributed by atoms with Gasteiger partial charge in [-0.2, -0.15) is 0 Å². The van der Waals surface area contributed by atoms with Crippen LogP contribution in [-0.2, 0) is 13.0 Å². The van der Waals surface area contributed by atoms with Crippen molar-refractivity contribution >= 4 is 38.6 Å². The summed E-state index contributed by atoms with van der Waals surface area (Å²) in [5.74, 6) is 0. The second-order valence-electron chi connectivity index (χ2n) is 3.48. The molecule has 0 saturated carbocycles. The summed E-state index contributed by atoms with van der Waals surface area (Å²) >= 11 is 7.02. The van der Waals surface area contributed by atoms with E-state index < -0.39 is 0 Å². The number of nitrogens with zero attached hydrogens (tertiary/aromatic N) is 1. The van der Waals surface area contributed by atoms with Crippen LogP contribution in [0.4, 0.5) is 0 Å². The maximum Gasteiger partial charge on any atom is 0.0897 e. The third-order valence-corrected chi connectivity index (χ3v) is 4.95. The standard InChI is InChI=1S/C11H13BrN2S2/c1-8-14-9(7-16-8)2-4-13-6-11-10(12)3-5-15-11/h3,5,7,13H,2,4,6H2,1H3. The quantitative estimate of drug-likeness (QED) is 0.852. The molecule has 0 saturated heterocycles. The Morgan fingerprint density at radius 2 is 2.31 bits per heavy atom. The molecule has 5 heteroatoms. The monoisotopic (exact) mass is 316 g/mol. The lowest BCUT2D eigenvalue weighted by Crippen LogP contribution is -2.16. The lowest BCUT2D eigenvalue weighted by molar-refractivity contribution is 0.686. The molecule has 0 radical (unpaired) electrons. The van der Waals surface area contributed by atoms with Gasteiger partial charge in [0, 0.05) is 34.2 Å². The fourth-order valence-corrected chi connectivity index (χ4v) is 3.50. The first-order valence-corrected chi connectivity index (χ1v) is 7.64. The van der Waals surface area contributed by atoms with Crippen LogP contribution < -0.4 is 5.32 Å². The van der Waals surface area contributed by atoms with Crippen LogP contribution in [0.3, 0.4) is 0 Å². The molecule has 0 aliphatic carbocycles. The van der Waals surface area contributed by atoms with Gasteiger partial charge >= 0.3 is 0 Å². The second-order valence-corrected chi connectivity index (χ2v) is 6.39. The Balaban J connectivity index is 1.71. The Morgan fingerprint density at radius 3 is 2.94 bits per heavy atom. The van der Waals surface area contributed by atoms with Crippen molar-refractivity contribution in [3.63, 3.8) is 0 Å². The van der Waals surface area contributed by atoms with Crippen molar-refractivity contribution in [3.05, 3.63) is 36.9 Å². The third kappa shape index (κ3) is 3.38. The van der Waals surface area contributed by atoms with Crippen molar-refractivity contribution < 1.29 is 0 Å². The van der Waals surface area contributed by atoms with Crippen molar-refractivity contribution in [3.8, 4) is 0 Å². The second kappa shape index (κ2) is 5.91. The average molecular weight is 317 g/mol. The van der Waals surface area contributed by atoms with Crippen LogP contribution in [0, 0.1) is 6.92 Å². The molecule has 1 N–H and O–H groups in total. The molecule has 16 heavy (non-hydrogen) atoms. The van der Waals surface area contributed by atoms with E-state index in [1.807, 2.05) is 6.92 Å². The van der Waals surface area contributed by atoms with Crippen molar-refractivity contribution in [2.75, 3.05) is 6.54 Å². The molecule has 0 amide bonds. The molecule has 2 rings (SSSR count). The maximum atomic E-state index is 4.43. The maximum absolute atomic E-state index is 4.43. The summed E-state index contributed by atoms with van der Waals surface area (Å²) in [4.78, 5) is 5.79. The number of nitrogens with one attached hydrogen (secondary N) is 1. The number of hydrogen-bond donors (Lipinski definition) is 1. The van der Waals surface area contributed by atoms with E-state index in [0.29, 0.717) is 0 Å². The Hall–Kier alpha value is -0.230. The highest BCUT2D eigenvalue weighted by Gasteiger charge is 2.01. The third-order valence-electron chi connectivity index (χ3n) is 2.20. The van der Waals surface area contributed by atoms with E-state index in [1.54, 1.807) is 22.7 Å². The Kier molecular flexibility index (Phi) is 4.52. The van der Waals surface area contributed by atoms with Gasteiger partial charge in [0.25, 0.3) is 0 Å². The van der Waals surface area contributed by atoms with Crippen LogP contribution >= 0.6 is 38.6 Å². The first-order chi connectivity index (χ1) is 7.75. The zero-order chi connectivity index (χ0) is 11.4. The van der Waals surface area contributed by atoms with Gasteiger partial charge in [-0.25, -0.2) is 4.98 Å². The molecule has 2 nitrogen and oxygen atoms in total. The SMILES string of the molecule is Cc1nc(CCNCc2sccc2Br)cs1. The molecule has 2 heterocycles. The highest BCUT2D eigenvalue weighted by Crippen LogP contribution is 2.22. The Morgan fingerprint density at radius 1 is 1.44 bits per heavy atom. The molecule has 86 valence electrons. The molecule has 0 spiro atoms. The zero-order valence-electron chi connectivity index (χ0n) is 9.00. The predicted octanol–water partition coefficient (Wildman–Crippen LogP) is 3.61. The minimum Gasteiger partial charge on any atom is -0.311 e. The number of thiophene rings is 1. The number of halogens is 1. The minimum atomic E-state index is 0.932. The molecule has 0 aliphatic heterocycles. The van der Waals surface area contributed by atoms with E-state index in [0.717, 1.165) is 24.5 Å². The zero-order valence-corrected chi connectivity index (χ0v) is 12.2. The molecule has 0 aliphatic rings. The van der Waals surface area contributed by atoms with E-state index in [9.17, 15) is 0 Å². The molecular weight excluding hydrogens is 304 g/mol. The van der Waals surface area contributed by atoms with Gasteiger partial charge in [-0.05, 0) is 34.3 Å². The topological polar surface area (TPSA) is 24.9 Å². The number of rotatable bonds is 5. The van der Waals surface area contributed by atoms with Crippen LogP contribution in [0.5, 0.6) is 0 Å². The van der Waals surface area contributed by atoms with Gasteiger partial charge in [-0.1, -0.05) is 0 Å². The summed E-state index contributed by atoms with van der Waals surface area (Å²) < 4.78 is 1.20. The Labute approximate surface area is 112 Å². The van der Waals surface area contributed by atoms with Gasteiger partial charge in [0.2, 0.25) is 0 Å². The number of hydrogen-bond acceptors (Lipinski definition) is 4. The van der Waals surface area contributed by atoms with Gasteiger partial charge < -0.3 is 5.32 Å². The summed E-state index contributed by atoms with van der Waals surface area (Å²) in [6.07, 6.45) is 1.01. The van der Waals surface area contributed by atoms with Crippen LogP contribution in [0.15, 0.2) is 21.3 Å². The van der Waals surface area contributed by atoms with Gasteiger partial charge in [0.15, 0.2) is 0 Å². The van der Waals surface area contributed by atoms with Gasteiger partial charge in [-0.15, -0.1) is 22.7 Å². The molecule has 0 atom stereocenters. The summed E-state index contributed by atoms with van der Waals surface area (Å²) in [6, 6.07) is 2.09. The summed E-state index contributed by atoms with van der Waals surface area (Å²) in [5, 5.41) is 8.82. The number of aromatic nitrogens is 1. The fraction of sp³-hybridized carbons (Fsp3) is 0.364. The van der Waals surface area contributed by atoms with Gasteiger partial charge in [-0.3, -0.25) is 0 Å². The Bertz CT molecular complexity index is 450. The highest BCUT2D eigenvalue weighted by molar-refractivity contribution is 9.10. The van der Waals surface area contributed by atoms with Crippen molar-refractivity contribution in [2.45, 2.75) is 19.9 Å². The lowest BCUT2D eigenvalue weighted by Gasteiger charge is -2.01. The summed E-state index contributed by atoms with van der Waals surface area (Å²) in [6.45, 7) is 3.96. The molecule has 0 fully saturated rings. The number of aryl methyl sites for hydroxylation is 1. The van der Waals surface area contributed by atoms with Crippen molar-refractivity contribution in [2.24, 2.45) is 0 Å². The highest BCUT2D eigenvalue weighted by atomic mass is 79.9. The summed E-state index contributed by atoms with van der Waals surface area (Å²) in [7, 11) is 0. The normalized spacial score (nSPS) is 10.9. The van der Waals surface area contributed by atoms with Gasteiger partial charge in [0.1, 0.15) is 0 Å². The van der Waals surface area contributed by atoms with E-state index >= 15 is 0 Å². The van der Waals surface area contributed by atoms with E-state index in [4.69, 9.17) is 0 Å². The molecule has 2 aromatic heterocycles. The molecule has 0 bridgehead atoms. The first kappa shape index (κ1) is 12.2. The van der Waals surface area contributed by atoms with Crippen LogP contribution in [0.2, 0.25) is 0 Å². The fourth-order valence-electron chi connectivity index (χ4n) is 1.39. The van der Waals surface area contributed by atoms with E-state index in [1.165, 1.54) is 15.0 Å². The van der Waals surface area contributed by atoms with Crippen LogP contribution in [0.1, 0.15) is 15.6 Å². The molecule has 2 aromatic rings. The molecular formula is C11H13BrN2S2. The predicted molar refractivity (Wildman–Crippen MR) is 74.3 cm³/mol. The molecule has 0 aromatic carbocycles. The first-order valence-electron chi connectivity index (χ1n) is 5.09. The van der Waals surface area contributed by atoms with E-state index in [2.05, 4.69) is 43.1 Å². The van der Waals surface area contributed by atoms with Gasteiger partial charge in [0.05, 0.1) is 10.7 Å². The lowest BCUT2D eigenvalue weighted by atomic mass is 10.3. The van der Waals surface area contributed by atoms with E-state index in [-0.39, 0.29) is 0 Å². The summed E-state index contributed by atoms with van der Waals surface area (Å²) in [5.41, 5.74) is 1.19. The number of thiazole rings is 1. The van der Waals surface area contributed by atoms with Crippen molar-refractivity contribution in [1.29, 1.82) is 0 Å². The average Bonchev–Trinajstić information content (AvgIpc) is 2.83. The van der Waals surface area contributed by atoms with Crippen LogP contribution in [-0.4, -0.2) is 11.5 Å². The minimum absolute atomic E-state index is 0.932. The van der Waals surface area contributed by atoms with Crippen molar-refractivity contribution in [1.82, 2.24) is 10.3 Å². The largest absolute Gasteiger partial charge is 0.311 e. The van der Waals surface area contributed by atoms with Crippen LogP contribution in [0.25, 0.3) is 0 Å². The molecule has 0 unspecified atom stereocenters. The smallest absolute Gasteiger partial charge is 0.0897 e.